The summed E-state index contributed by atoms with van der Waals surface area (Å²) < 4.78 is 11.7. The summed E-state index contributed by atoms with van der Waals surface area (Å²) >= 11 is 1.57. The largest absolute Gasteiger partial charge is 0.493 e. The van der Waals surface area contributed by atoms with Crippen LogP contribution >= 0.6 is 11.3 Å². The van der Waals surface area contributed by atoms with Crippen molar-refractivity contribution >= 4 is 17.2 Å². The summed E-state index contributed by atoms with van der Waals surface area (Å²) in [5.41, 5.74) is 8.61. The fourth-order valence-electron chi connectivity index (χ4n) is 3.43. The standard InChI is InChI=1S/C22H22N2O3S/c1-26-19-11-10-16(12-20(19)27-17-4-2-3-5-17)22-24-18(13-28-22)14-6-8-15(9-7-14)21(23)25/h6-13,17H,2-5H2,1H3,(H2,23,25). The molecule has 28 heavy (non-hydrogen) atoms. The van der Waals surface area contributed by atoms with E-state index >= 15 is 0 Å². The van der Waals surface area contributed by atoms with Crippen LogP contribution in [0.25, 0.3) is 21.8 Å². The van der Waals surface area contributed by atoms with Crippen molar-refractivity contribution in [2.75, 3.05) is 7.11 Å². The third-order valence-corrected chi connectivity index (χ3v) is 5.87. The van der Waals surface area contributed by atoms with Crippen LogP contribution in [0.15, 0.2) is 47.8 Å². The molecule has 0 atom stereocenters. The third kappa shape index (κ3) is 3.87. The van der Waals surface area contributed by atoms with Crippen molar-refractivity contribution in [1.29, 1.82) is 0 Å². The maximum Gasteiger partial charge on any atom is 0.248 e. The second kappa shape index (κ2) is 8.02. The van der Waals surface area contributed by atoms with Gasteiger partial charge in [-0.1, -0.05) is 12.1 Å². The van der Waals surface area contributed by atoms with Gasteiger partial charge in [-0.2, -0.15) is 0 Å². The Balaban J connectivity index is 1.59. The fourth-order valence-corrected chi connectivity index (χ4v) is 4.26. The van der Waals surface area contributed by atoms with Gasteiger partial charge < -0.3 is 15.2 Å². The molecule has 1 aliphatic carbocycles. The lowest BCUT2D eigenvalue weighted by atomic mass is 10.1. The quantitative estimate of drug-likeness (QED) is 0.645. The molecule has 1 aromatic heterocycles. The Morgan fingerprint density at radius 1 is 1.07 bits per heavy atom. The van der Waals surface area contributed by atoms with E-state index < -0.39 is 5.91 Å². The number of carbonyl (C=O) groups is 1. The zero-order valence-corrected chi connectivity index (χ0v) is 16.5. The van der Waals surface area contributed by atoms with E-state index in [9.17, 15) is 4.79 Å². The van der Waals surface area contributed by atoms with Crippen molar-refractivity contribution in [3.8, 4) is 33.3 Å². The van der Waals surface area contributed by atoms with Gasteiger partial charge in [0.1, 0.15) is 5.01 Å². The molecule has 4 rings (SSSR count). The van der Waals surface area contributed by atoms with Gasteiger partial charge in [0.25, 0.3) is 0 Å². The van der Waals surface area contributed by atoms with E-state index in [4.69, 9.17) is 20.2 Å². The number of benzene rings is 2. The Bertz CT molecular complexity index is 976. The van der Waals surface area contributed by atoms with Crippen LogP contribution < -0.4 is 15.2 Å². The van der Waals surface area contributed by atoms with Crippen molar-refractivity contribution in [2.45, 2.75) is 31.8 Å². The highest BCUT2D eigenvalue weighted by molar-refractivity contribution is 7.13. The SMILES string of the molecule is COc1ccc(-c2nc(-c3ccc(C(N)=O)cc3)cs2)cc1OC1CCCC1. The molecular weight excluding hydrogens is 372 g/mol. The summed E-state index contributed by atoms with van der Waals surface area (Å²) in [5, 5.41) is 2.92. The summed E-state index contributed by atoms with van der Waals surface area (Å²) in [6, 6.07) is 13.1. The number of ether oxygens (including phenoxy) is 2. The summed E-state index contributed by atoms with van der Waals surface area (Å²) in [7, 11) is 1.66. The number of rotatable bonds is 6. The van der Waals surface area contributed by atoms with Gasteiger partial charge in [0.15, 0.2) is 11.5 Å². The molecule has 0 saturated heterocycles. The van der Waals surface area contributed by atoms with Crippen LogP contribution in [0.4, 0.5) is 0 Å². The van der Waals surface area contributed by atoms with Crippen LogP contribution in [0, 0.1) is 0 Å². The minimum absolute atomic E-state index is 0.264. The molecule has 0 spiro atoms. The van der Waals surface area contributed by atoms with E-state index in [2.05, 4.69) is 0 Å². The molecule has 1 fully saturated rings. The van der Waals surface area contributed by atoms with Gasteiger partial charge in [-0.3, -0.25) is 4.79 Å². The molecule has 1 heterocycles. The van der Waals surface area contributed by atoms with Gasteiger partial charge in [0, 0.05) is 22.1 Å². The second-order valence-electron chi connectivity index (χ2n) is 6.87. The molecule has 1 amide bonds. The van der Waals surface area contributed by atoms with Crippen molar-refractivity contribution < 1.29 is 14.3 Å². The molecule has 0 bridgehead atoms. The van der Waals surface area contributed by atoms with Crippen LogP contribution in [0.5, 0.6) is 11.5 Å². The number of methoxy groups -OCH3 is 1. The van der Waals surface area contributed by atoms with Gasteiger partial charge >= 0.3 is 0 Å². The lowest BCUT2D eigenvalue weighted by Gasteiger charge is -2.16. The zero-order chi connectivity index (χ0) is 19.5. The molecule has 1 aliphatic rings. The number of carbonyl (C=O) groups excluding carboxylic acids is 1. The first kappa shape index (κ1) is 18.5. The monoisotopic (exact) mass is 394 g/mol. The van der Waals surface area contributed by atoms with Crippen molar-refractivity contribution in [1.82, 2.24) is 4.98 Å². The lowest BCUT2D eigenvalue weighted by Crippen LogP contribution is -2.11. The predicted molar refractivity (Wildman–Crippen MR) is 111 cm³/mol. The molecular formula is C22H22N2O3S. The molecule has 2 aromatic carbocycles. The number of hydrogen-bond acceptors (Lipinski definition) is 5. The van der Waals surface area contributed by atoms with Gasteiger partial charge in [-0.25, -0.2) is 4.98 Å². The highest BCUT2D eigenvalue weighted by Gasteiger charge is 2.19. The topological polar surface area (TPSA) is 74.4 Å². The Morgan fingerprint density at radius 2 is 1.79 bits per heavy atom. The van der Waals surface area contributed by atoms with Gasteiger partial charge in [-0.05, 0) is 56.0 Å². The van der Waals surface area contributed by atoms with Crippen molar-refractivity contribution in [3.63, 3.8) is 0 Å². The van der Waals surface area contributed by atoms with Crippen molar-refractivity contribution in [2.24, 2.45) is 5.73 Å². The average Bonchev–Trinajstić information content (AvgIpc) is 3.40. The second-order valence-corrected chi connectivity index (χ2v) is 7.73. The first-order valence-electron chi connectivity index (χ1n) is 9.35. The summed E-state index contributed by atoms with van der Waals surface area (Å²) in [4.78, 5) is 16.0. The predicted octanol–water partition coefficient (Wildman–Crippen LogP) is 4.91. The third-order valence-electron chi connectivity index (χ3n) is 4.98. The number of primary amides is 1. The van der Waals surface area contributed by atoms with Crippen LogP contribution in [0.1, 0.15) is 36.0 Å². The number of aromatic nitrogens is 1. The van der Waals surface area contributed by atoms with Crippen LogP contribution in [-0.4, -0.2) is 24.1 Å². The maximum atomic E-state index is 11.2. The first-order chi connectivity index (χ1) is 13.6. The number of thiazole rings is 1. The van der Waals surface area contributed by atoms with E-state index in [1.54, 1.807) is 30.6 Å². The smallest absolute Gasteiger partial charge is 0.248 e. The maximum absolute atomic E-state index is 11.2. The van der Waals surface area contributed by atoms with Crippen molar-refractivity contribution in [3.05, 3.63) is 53.4 Å². The molecule has 0 unspecified atom stereocenters. The Morgan fingerprint density at radius 3 is 2.46 bits per heavy atom. The highest BCUT2D eigenvalue weighted by Crippen LogP contribution is 2.37. The van der Waals surface area contributed by atoms with E-state index in [0.717, 1.165) is 46.2 Å². The highest BCUT2D eigenvalue weighted by atomic mass is 32.1. The molecule has 0 aliphatic heterocycles. The molecule has 0 radical (unpaired) electrons. The molecule has 3 aromatic rings. The fraction of sp³-hybridized carbons (Fsp3) is 0.273. The van der Waals surface area contributed by atoms with Crippen LogP contribution in [0.2, 0.25) is 0 Å². The van der Waals surface area contributed by atoms with Crippen LogP contribution in [-0.2, 0) is 0 Å². The average molecular weight is 394 g/mol. The normalized spacial score (nSPS) is 14.2. The number of amides is 1. The summed E-state index contributed by atoms with van der Waals surface area (Å²) in [5.74, 6) is 1.09. The molecule has 1 saturated carbocycles. The molecule has 2 N–H and O–H groups in total. The zero-order valence-electron chi connectivity index (χ0n) is 15.7. The summed E-state index contributed by atoms with van der Waals surface area (Å²) in [6.07, 6.45) is 4.89. The van der Waals surface area contributed by atoms with E-state index in [1.165, 1.54) is 12.8 Å². The Labute approximate surface area is 168 Å². The van der Waals surface area contributed by atoms with E-state index in [-0.39, 0.29) is 6.10 Å². The minimum atomic E-state index is -0.432. The first-order valence-corrected chi connectivity index (χ1v) is 10.2. The van der Waals surface area contributed by atoms with E-state index in [1.807, 2.05) is 35.7 Å². The Kier molecular flexibility index (Phi) is 5.30. The number of nitrogens with two attached hydrogens (primary N) is 1. The Hall–Kier alpha value is -2.86. The molecule has 144 valence electrons. The summed E-state index contributed by atoms with van der Waals surface area (Å²) in [6.45, 7) is 0. The van der Waals surface area contributed by atoms with Crippen LogP contribution in [0.3, 0.4) is 0 Å². The van der Waals surface area contributed by atoms with Gasteiger partial charge in [0.05, 0.1) is 18.9 Å². The van der Waals surface area contributed by atoms with Gasteiger partial charge in [-0.15, -0.1) is 11.3 Å². The number of hydrogen-bond donors (Lipinski definition) is 1. The van der Waals surface area contributed by atoms with E-state index in [0.29, 0.717) is 5.56 Å². The molecule has 5 nitrogen and oxygen atoms in total. The lowest BCUT2D eigenvalue weighted by molar-refractivity contribution is 0.100. The minimum Gasteiger partial charge on any atom is -0.493 e. The number of nitrogens with zero attached hydrogens (tertiary/aromatic N) is 1. The molecule has 6 heteroatoms. The van der Waals surface area contributed by atoms with Gasteiger partial charge in [0.2, 0.25) is 5.91 Å².